The van der Waals surface area contributed by atoms with Crippen LogP contribution in [0, 0.1) is 0 Å². The summed E-state index contributed by atoms with van der Waals surface area (Å²) in [5.41, 5.74) is 2.50. The lowest BCUT2D eigenvalue weighted by Gasteiger charge is -2.16. The molecule has 0 fully saturated rings. The van der Waals surface area contributed by atoms with Crippen molar-refractivity contribution in [2.24, 2.45) is 0 Å². The summed E-state index contributed by atoms with van der Waals surface area (Å²) in [4.78, 5) is 24.4. The van der Waals surface area contributed by atoms with E-state index in [1.165, 1.54) is 26.9 Å². The second-order valence-corrected chi connectivity index (χ2v) is 10.3. The van der Waals surface area contributed by atoms with E-state index in [1.807, 2.05) is 48.5 Å². The van der Waals surface area contributed by atoms with Gasteiger partial charge in [-0.2, -0.15) is 0 Å². The molecule has 8 rings (SSSR count). The van der Waals surface area contributed by atoms with Crippen molar-refractivity contribution in [1.29, 1.82) is 0 Å². The zero-order chi connectivity index (χ0) is 26.8. The third kappa shape index (κ3) is 3.33. The Morgan fingerprint density at radius 3 is 1.82 bits per heavy atom. The summed E-state index contributed by atoms with van der Waals surface area (Å²) in [6, 6.07) is 34.9. The Balaban J connectivity index is 1.09. The van der Waals surface area contributed by atoms with Gasteiger partial charge in [-0.25, -0.2) is 4.79 Å². The van der Waals surface area contributed by atoms with Gasteiger partial charge in [-0.1, -0.05) is 97.1 Å². The van der Waals surface area contributed by atoms with Crippen LogP contribution in [0.1, 0.15) is 21.5 Å². The molecule has 0 bridgehead atoms. The molecule has 0 spiro atoms. The fourth-order valence-electron chi connectivity index (χ4n) is 6.38. The van der Waals surface area contributed by atoms with E-state index < -0.39 is 6.16 Å². The summed E-state index contributed by atoms with van der Waals surface area (Å²) < 4.78 is 11.2. The first kappa shape index (κ1) is 22.7. The number of hydrogen-bond donors (Lipinski definition) is 0. The maximum Gasteiger partial charge on any atom is 0.508 e. The molecule has 0 aromatic heterocycles. The van der Waals surface area contributed by atoms with E-state index in [0.29, 0.717) is 5.56 Å². The van der Waals surface area contributed by atoms with Gasteiger partial charge >= 0.3 is 6.16 Å². The standard InChI is InChI=1S/C36H22O4/c37-18-26-11-10-25-17-28(29-6-2-5-23-14-15-30(26)35(25)34(23)29)20-40-36(38)39-19-27-12-9-24-8-7-21-3-1-4-22-13-16-31(27)33(24)32(21)22/h1-18H,19-20H2. The molecule has 0 radical (unpaired) electrons. The molecular formula is C36H22O4. The van der Waals surface area contributed by atoms with Crippen LogP contribution in [-0.2, 0) is 22.7 Å². The number of carbonyl (C=O) groups is 2. The molecule has 0 atom stereocenters. The second kappa shape index (κ2) is 8.65. The Morgan fingerprint density at radius 2 is 1.05 bits per heavy atom. The highest BCUT2D eigenvalue weighted by molar-refractivity contribution is 6.26. The number of benzene rings is 8. The zero-order valence-corrected chi connectivity index (χ0v) is 21.4. The van der Waals surface area contributed by atoms with Gasteiger partial charge in [-0.05, 0) is 81.8 Å². The number of aldehydes is 1. The van der Waals surface area contributed by atoms with Crippen LogP contribution < -0.4 is 0 Å². The average molecular weight is 519 g/mol. The maximum absolute atomic E-state index is 12.8. The van der Waals surface area contributed by atoms with Crippen molar-refractivity contribution in [2.45, 2.75) is 13.2 Å². The maximum atomic E-state index is 12.8. The summed E-state index contributed by atoms with van der Waals surface area (Å²) in [5, 5.41) is 13.2. The Bertz CT molecular complexity index is 2250. The molecule has 40 heavy (non-hydrogen) atoms. The van der Waals surface area contributed by atoms with E-state index >= 15 is 0 Å². The first-order valence-corrected chi connectivity index (χ1v) is 13.3. The molecule has 0 saturated carbocycles. The van der Waals surface area contributed by atoms with Gasteiger partial charge in [-0.15, -0.1) is 0 Å². The van der Waals surface area contributed by atoms with Crippen molar-refractivity contribution >= 4 is 77.1 Å². The van der Waals surface area contributed by atoms with Gasteiger partial charge < -0.3 is 9.47 Å². The van der Waals surface area contributed by atoms with Gasteiger partial charge in [-0.3, -0.25) is 4.79 Å². The van der Waals surface area contributed by atoms with Crippen molar-refractivity contribution < 1.29 is 19.1 Å². The van der Waals surface area contributed by atoms with Gasteiger partial charge in [0.2, 0.25) is 0 Å². The number of rotatable bonds is 5. The monoisotopic (exact) mass is 518 g/mol. The summed E-state index contributed by atoms with van der Waals surface area (Å²) in [6.07, 6.45) is 0.186. The summed E-state index contributed by atoms with van der Waals surface area (Å²) in [7, 11) is 0. The van der Waals surface area contributed by atoms with Crippen LogP contribution in [0.5, 0.6) is 0 Å². The number of hydrogen-bond acceptors (Lipinski definition) is 4. The highest BCUT2D eigenvalue weighted by Gasteiger charge is 2.16. The van der Waals surface area contributed by atoms with E-state index in [-0.39, 0.29) is 13.2 Å². The predicted octanol–water partition coefficient (Wildman–Crippen LogP) is 9.15. The largest absolute Gasteiger partial charge is 0.508 e. The van der Waals surface area contributed by atoms with E-state index in [2.05, 4.69) is 54.6 Å². The topological polar surface area (TPSA) is 52.6 Å². The molecule has 0 saturated heterocycles. The molecule has 0 amide bonds. The third-order valence-electron chi connectivity index (χ3n) is 8.20. The smallest absolute Gasteiger partial charge is 0.429 e. The SMILES string of the molecule is O=Cc1ccc2cc(COC(=O)OCc3ccc4ccc5cccc6ccc3c4c56)c3cccc4ccc1c2c43. The van der Waals surface area contributed by atoms with Crippen LogP contribution in [0.25, 0.3) is 64.6 Å². The molecular weight excluding hydrogens is 496 g/mol. The Kier molecular flexibility index (Phi) is 4.92. The van der Waals surface area contributed by atoms with Gasteiger partial charge in [0, 0.05) is 5.56 Å². The molecule has 4 heteroatoms. The molecule has 0 N–H and O–H groups in total. The van der Waals surface area contributed by atoms with Gasteiger partial charge in [0.15, 0.2) is 6.29 Å². The van der Waals surface area contributed by atoms with Gasteiger partial charge in [0.25, 0.3) is 0 Å². The van der Waals surface area contributed by atoms with Crippen molar-refractivity contribution in [1.82, 2.24) is 0 Å². The van der Waals surface area contributed by atoms with Crippen LogP contribution in [0.15, 0.2) is 103 Å². The van der Waals surface area contributed by atoms with Crippen LogP contribution in [0.2, 0.25) is 0 Å². The lowest BCUT2D eigenvalue weighted by atomic mass is 9.90. The highest BCUT2D eigenvalue weighted by atomic mass is 16.7. The van der Waals surface area contributed by atoms with E-state index in [9.17, 15) is 9.59 Å². The lowest BCUT2D eigenvalue weighted by molar-refractivity contribution is 0.0452. The third-order valence-corrected chi connectivity index (χ3v) is 8.20. The van der Waals surface area contributed by atoms with Gasteiger partial charge in [0.05, 0.1) is 0 Å². The fourth-order valence-corrected chi connectivity index (χ4v) is 6.38. The minimum Gasteiger partial charge on any atom is -0.429 e. The Labute approximate surface area is 229 Å². The van der Waals surface area contributed by atoms with Crippen molar-refractivity contribution in [3.63, 3.8) is 0 Å². The first-order chi connectivity index (χ1) is 19.7. The van der Waals surface area contributed by atoms with Crippen LogP contribution in [-0.4, -0.2) is 12.4 Å². The van der Waals surface area contributed by atoms with Crippen molar-refractivity contribution in [3.8, 4) is 0 Å². The lowest BCUT2D eigenvalue weighted by Crippen LogP contribution is -2.08. The molecule has 190 valence electrons. The molecule has 4 nitrogen and oxygen atoms in total. The number of carbonyl (C=O) groups excluding carboxylic acids is 2. The molecule has 0 heterocycles. The van der Waals surface area contributed by atoms with E-state index in [4.69, 9.17) is 9.47 Å². The molecule has 0 aliphatic rings. The molecule has 8 aromatic carbocycles. The highest BCUT2D eigenvalue weighted by Crippen LogP contribution is 2.38. The van der Waals surface area contributed by atoms with E-state index in [1.54, 1.807) is 0 Å². The summed E-state index contributed by atoms with van der Waals surface area (Å²) in [6.45, 7) is 0.208. The predicted molar refractivity (Wildman–Crippen MR) is 161 cm³/mol. The Hall–Kier alpha value is -5.22. The molecule has 8 aromatic rings. The van der Waals surface area contributed by atoms with E-state index in [0.717, 1.165) is 55.1 Å². The molecule has 0 unspecified atom stereocenters. The quantitative estimate of drug-likeness (QED) is 0.129. The number of ether oxygens (including phenoxy) is 2. The fraction of sp³-hybridized carbons (Fsp3) is 0.0556. The normalized spacial score (nSPS) is 11.9. The molecule has 0 aliphatic carbocycles. The van der Waals surface area contributed by atoms with Crippen molar-refractivity contribution in [2.75, 3.05) is 0 Å². The minimum atomic E-state index is -0.709. The average Bonchev–Trinajstić information content (AvgIpc) is 3.00. The van der Waals surface area contributed by atoms with Crippen LogP contribution in [0.4, 0.5) is 4.79 Å². The first-order valence-electron chi connectivity index (χ1n) is 13.3. The van der Waals surface area contributed by atoms with Gasteiger partial charge in [0.1, 0.15) is 13.2 Å². The van der Waals surface area contributed by atoms with Crippen molar-refractivity contribution in [3.05, 3.63) is 120 Å². The summed E-state index contributed by atoms with van der Waals surface area (Å²) in [5.74, 6) is 0. The minimum absolute atomic E-state index is 0.0850. The van der Waals surface area contributed by atoms with Crippen LogP contribution in [0.3, 0.4) is 0 Å². The molecule has 0 aliphatic heterocycles. The van der Waals surface area contributed by atoms with Crippen LogP contribution >= 0.6 is 0 Å². The Morgan fingerprint density at radius 1 is 0.525 bits per heavy atom. The second-order valence-electron chi connectivity index (χ2n) is 10.3. The summed E-state index contributed by atoms with van der Waals surface area (Å²) >= 11 is 0. The zero-order valence-electron chi connectivity index (χ0n) is 21.4.